The van der Waals surface area contributed by atoms with Gasteiger partial charge in [0.2, 0.25) is 0 Å². The third kappa shape index (κ3) is 6.53. The number of hydrogen-bond donors (Lipinski definition) is 1. The maximum atomic E-state index is 13.7. The predicted molar refractivity (Wildman–Crippen MR) is 101 cm³/mol. The molecule has 0 bridgehead atoms. The van der Waals surface area contributed by atoms with Gasteiger partial charge in [0.15, 0.2) is 6.61 Å². The van der Waals surface area contributed by atoms with E-state index in [-0.39, 0.29) is 5.56 Å². The summed E-state index contributed by atoms with van der Waals surface area (Å²) in [5.74, 6) is -3.36. The number of rotatable bonds is 7. The van der Waals surface area contributed by atoms with Gasteiger partial charge >= 0.3 is 11.9 Å². The number of nitrogens with one attached hydrogen (secondary N) is 1. The van der Waals surface area contributed by atoms with Crippen molar-refractivity contribution in [1.29, 1.82) is 0 Å². The molecule has 6 nitrogen and oxygen atoms in total. The Morgan fingerprint density at radius 2 is 1.79 bits per heavy atom. The largest absolute Gasteiger partial charge is 0.465 e. The zero-order valence-electron chi connectivity index (χ0n) is 15.8. The van der Waals surface area contributed by atoms with Crippen molar-refractivity contribution in [2.24, 2.45) is 0 Å². The monoisotopic (exact) mass is 403 g/mol. The number of amides is 1. The first-order valence-electron chi connectivity index (χ1n) is 8.57. The summed E-state index contributed by atoms with van der Waals surface area (Å²) in [6.45, 7) is 0.964. The second-order valence-electron chi connectivity index (χ2n) is 6.01. The number of halogens is 2. The van der Waals surface area contributed by atoms with Gasteiger partial charge in [-0.1, -0.05) is 18.2 Å². The van der Waals surface area contributed by atoms with E-state index in [4.69, 9.17) is 4.74 Å². The third-order valence-corrected chi connectivity index (χ3v) is 3.90. The average molecular weight is 403 g/mol. The lowest BCUT2D eigenvalue weighted by Gasteiger charge is -2.15. The Morgan fingerprint density at radius 3 is 2.41 bits per heavy atom. The highest BCUT2D eigenvalue weighted by atomic mass is 19.1. The van der Waals surface area contributed by atoms with E-state index in [1.807, 2.05) is 0 Å². The number of methoxy groups -OCH3 is 1. The Balaban J connectivity index is 1.82. The van der Waals surface area contributed by atoms with Crippen LogP contribution < -0.4 is 5.32 Å². The topological polar surface area (TPSA) is 81.7 Å². The summed E-state index contributed by atoms with van der Waals surface area (Å²) >= 11 is 0. The second kappa shape index (κ2) is 10.1. The first kappa shape index (κ1) is 21.7. The first-order valence-corrected chi connectivity index (χ1v) is 8.57. The molecule has 152 valence electrons. The van der Waals surface area contributed by atoms with Crippen molar-refractivity contribution in [3.05, 3.63) is 76.9 Å². The van der Waals surface area contributed by atoms with Gasteiger partial charge in [-0.3, -0.25) is 4.79 Å². The number of hydrogen-bond acceptors (Lipinski definition) is 5. The van der Waals surface area contributed by atoms with Crippen molar-refractivity contribution in [2.75, 3.05) is 13.7 Å². The molecule has 0 radical (unpaired) electrons. The maximum Gasteiger partial charge on any atom is 0.337 e. The molecule has 0 aliphatic heterocycles. The summed E-state index contributed by atoms with van der Waals surface area (Å²) in [5.41, 5.74) is 1.12. The molecule has 2 rings (SSSR count). The standard InChI is InChI=1S/C21H19F2NO5/c1-13(17-9-8-16(22)11-18(17)23)24-19(25)12-29-20(26)10-5-14-3-6-15(7-4-14)21(27)28-2/h3-11,13H,12H2,1-2H3,(H,24,25)/b10-5+/t13-/m0/s1. The van der Waals surface area contributed by atoms with Crippen LogP contribution in [0.3, 0.4) is 0 Å². The normalized spacial score (nSPS) is 11.7. The van der Waals surface area contributed by atoms with Gasteiger partial charge in [-0.2, -0.15) is 0 Å². The van der Waals surface area contributed by atoms with Crippen LogP contribution in [0.4, 0.5) is 8.78 Å². The highest BCUT2D eigenvalue weighted by molar-refractivity contribution is 5.91. The zero-order chi connectivity index (χ0) is 21.4. The molecule has 0 unspecified atom stereocenters. The maximum absolute atomic E-state index is 13.7. The van der Waals surface area contributed by atoms with Gasteiger partial charge in [0, 0.05) is 17.7 Å². The summed E-state index contributed by atoms with van der Waals surface area (Å²) in [6, 6.07) is 8.62. The molecule has 0 aliphatic carbocycles. The van der Waals surface area contributed by atoms with Gasteiger partial charge < -0.3 is 14.8 Å². The minimum atomic E-state index is -0.782. The van der Waals surface area contributed by atoms with E-state index in [1.165, 1.54) is 26.2 Å². The molecule has 0 saturated heterocycles. The van der Waals surface area contributed by atoms with Gasteiger partial charge in [-0.15, -0.1) is 0 Å². The van der Waals surface area contributed by atoms with Gasteiger partial charge in [-0.25, -0.2) is 18.4 Å². The average Bonchev–Trinajstić information content (AvgIpc) is 2.70. The van der Waals surface area contributed by atoms with Gasteiger partial charge in [0.05, 0.1) is 18.7 Å². The van der Waals surface area contributed by atoms with E-state index in [9.17, 15) is 23.2 Å². The number of esters is 2. The van der Waals surface area contributed by atoms with E-state index >= 15 is 0 Å². The fraction of sp³-hybridized carbons (Fsp3) is 0.190. The van der Waals surface area contributed by atoms with E-state index in [1.54, 1.807) is 24.3 Å². The SMILES string of the molecule is COC(=O)c1ccc(/C=C/C(=O)OCC(=O)N[C@@H](C)c2ccc(F)cc2F)cc1. The predicted octanol–water partition coefficient (Wildman–Crippen LogP) is 3.19. The van der Waals surface area contributed by atoms with Gasteiger partial charge in [-0.05, 0) is 36.8 Å². The van der Waals surface area contributed by atoms with Crippen LogP contribution >= 0.6 is 0 Å². The summed E-state index contributed by atoms with van der Waals surface area (Å²) in [5, 5.41) is 2.46. The molecule has 0 aromatic heterocycles. The van der Waals surface area contributed by atoms with Crippen LogP contribution in [0.2, 0.25) is 0 Å². The molecule has 29 heavy (non-hydrogen) atoms. The fourth-order valence-electron chi connectivity index (χ4n) is 2.41. The van der Waals surface area contributed by atoms with Crippen LogP contribution in [0, 0.1) is 11.6 Å². The summed E-state index contributed by atoms with van der Waals surface area (Å²) in [4.78, 5) is 34.9. The minimum Gasteiger partial charge on any atom is -0.465 e. The molecule has 0 heterocycles. The van der Waals surface area contributed by atoms with E-state index < -0.39 is 42.1 Å². The Hall–Kier alpha value is -3.55. The molecule has 1 N–H and O–H groups in total. The number of ether oxygens (including phenoxy) is 2. The van der Waals surface area contributed by atoms with Crippen LogP contribution in [0.5, 0.6) is 0 Å². The lowest BCUT2D eigenvalue weighted by Crippen LogP contribution is -2.31. The molecule has 0 spiro atoms. The smallest absolute Gasteiger partial charge is 0.337 e. The molecule has 0 aliphatic rings. The van der Waals surface area contributed by atoms with Crippen molar-refractivity contribution in [2.45, 2.75) is 13.0 Å². The van der Waals surface area contributed by atoms with Crippen LogP contribution in [0.15, 0.2) is 48.5 Å². The molecular formula is C21H19F2NO5. The summed E-state index contributed by atoms with van der Waals surface area (Å²) in [7, 11) is 1.28. The molecular weight excluding hydrogens is 384 g/mol. The molecule has 1 amide bonds. The molecule has 2 aromatic carbocycles. The van der Waals surface area contributed by atoms with Gasteiger partial charge in [0.1, 0.15) is 11.6 Å². The van der Waals surface area contributed by atoms with Crippen LogP contribution in [0.25, 0.3) is 6.08 Å². The third-order valence-electron chi connectivity index (χ3n) is 3.90. The first-order chi connectivity index (χ1) is 13.8. The summed E-state index contributed by atoms with van der Waals surface area (Å²) < 4.78 is 36.1. The van der Waals surface area contributed by atoms with Crippen molar-refractivity contribution in [3.8, 4) is 0 Å². The van der Waals surface area contributed by atoms with Crippen LogP contribution in [0.1, 0.15) is 34.5 Å². The highest BCUT2D eigenvalue weighted by Gasteiger charge is 2.15. The Labute approximate surface area is 166 Å². The summed E-state index contributed by atoms with van der Waals surface area (Å²) in [6.07, 6.45) is 2.58. The number of carbonyl (C=O) groups is 3. The molecule has 0 fully saturated rings. The second-order valence-corrected chi connectivity index (χ2v) is 6.01. The van der Waals surface area contributed by atoms with Crippen molar-refractivity contribution in [3.63, 3.8) is 0 Å². The molecule has 0 saturated carbocycles. The molecule has 8 heteroatoms. The minimum absolute atomic E-state index is 0.112. The lowest BCUT2D eigenvalue weighted by molar-refractivity contribution is -0.144. The van der Waals surface area contributed by atoms with Crippen molar-refractivity contribution in [1.82, 2.24) is 5.32 Å². The van der Waals surface area contributed by atoms with Crippen molar-refractivity contribution >= 4 is 23.9 Å². The number of carbonyl (C=O) groups excluding carboxylic acids is 3. The lowest BCUT2D eigenvalue weighted by atomic mass is 10.1. The highest BCUT2D eigenvalue weighted by Crippen LogP contribution is 2.17. The van der Waals surface area contributed by atoms with E-state index in [2.05, 4.69) is 10.1 Å². The van der Waals surface area contributed by atoms with E-state index in [0.29, 0.717) is 11.1 Å². The van der Waals surface area contributed by atoms with Crippen LogP contribution in [-0.2, 0) is 19.1 Å². The zero-order valence-corrected chi connectivity index (χ0v) is 15.8. The van der Waals surface area contributed by atoms with E-state index in [0.717, 1.165) is 18.2 Å². The Morgan fingerprint density at radius 1 is 1.10 bits per heavy atom. The molecule has 1 atom stereocenters. The fourth-order valence-corrected chi connectivity index (χ4v) is 2.41. The van der Waals surface area contributed by atoms with Crippen LogP contribution in [-0.4, -0.2) is 31.6 Å². The van der Waals surface area contributed by atoms with Crippen molar-refractivity contribution < 1.29 is 32.6 Å². The Kier molecular flexibility index (Phi) is 7.59. The molecule has 2 aromatic rings. The van der Waals surface area contributed by atoms with Gasteiger partial charge in [0.25, 0.3) is 5.91 Å². The Bertz CT molecular complexity index is 925. The number of benzene rings is 2. The quantitative estimate of drug-likeness (QED) is 0.567.